The molecular formula is C26H23BrN2O4S2. The first-order valence-corrected chi connectivity index (χ1v) is 14.8. The van der Waals surface area contributed by atoms with Crippen LogP contribution in [-0.4, -0.2) is 32.4 Å². The van der Waals surface area contributed by atoms with Gasteiger partial charge in [-0.2, -0.15) is 4.31 Å². The zero-order valence-corrected chi connectivity index (χ0v) is 22.1. The molecule has 0 spiro atoms. The summed E-state index contributed by atoms with van der Waals surface area (Å²) in [6, 6.07) is 24.9. The van der Waals surface area contributed by atoms with Gasteiger partial charge in [0.15, 0.2) is 9.84 Å². The number of aromatic nitrogens is 1. The van der Waals surface area contributed by atoms with E-state index in [0.717, 1.165) is 26.7 Å². The van der Waals surface area contributed by atoms with Crippen LogP contribution in [0.2, 0.25) is 0 Å². The van der Waals surface area contributed by atoms with Gasteiger partial charge in [0.1, 0.15) is 4.90 Å². The maximum absolute atomic E-state index is 13.5. The SMILES string of the molecule is CS(=O)(=O)c1cccc(-c2ccc(CN(Cc3cccc(Br)c3)S(=O)(=O)c3cccnc3)cc2)c1. The lowest BCUT2D eigenvalue weighted by Gasteiger charge is -2.23. The van der Waals surface area contributed by atoms with E-state index >= 15 is 0 Å². The van der Waals surface area contributed by atoms with Gasteiger partial charge in [-0.1, -0.05) is 64.5 Å². The molecule has 0 saturated heterocycles. The summed E-state index contributed by atoms with van der Waals surface area (Å²) < 4.78 is 53.0. The summed E-state index contributed by atoms with van der Waals surface area (Å²) in [5, 5.41) is 0. The molecule has 4 rings (SSSR count). The number of hydrogen-bond donors (Lipinski definition) is 0. The Morgan fingerprint density at radius 1 is 0.743 bits per heavy atom. The van der Waals surface area contributed by atoms with E-state index in [-0.39, 0.29) is 22.9 Å². The number of sulfonamides is 1. The average molecular weight is 572 g/mol. The molecule has 180 valence electrons. The van der Waals surface area contributed by atoms with E-state index in [1.165, 1.54) is 29.0 Å². The number of nitrogens with zero attached hydrogens (tertiary/aromatic N) is 2. The van der Waals surface area contributed by atoms with Crippen LogP contribution in [0.3, 0.4) is 0 Å². The van der Waals surface area contributed by atoms with E-state index < -0.39 is 19.9 Å². The van der Waals surface area contributed by atoms with Gasteiger partial charge in [0, 0.05) is 36.2 Å². The molecule has 0 bridgehead atoms. The van der Waals surface area contributed by atoms with Crippen molar-refractivity contribution < 1.29 is 16.8 Å². The average Bonchev–Trinajstić information content (AvgIpc) is 2.84. The molecule has 0 amide bonds. The summed E-state index contributed by atoms with van der Waals surface area (Å²) in [7, 11) is -7.12. The summed E-state index contributed by atoms with van der Waals surface area (Å²) in [5.41, 5.74) is 3.26. The maximum atomic E-state index is 13.5. The van der Waals surface area contributed by atoms with E-state index in [1.807, 2.05) is 54.6 Å². The number of hydrogen-bond acceptors (Lipinski definition) is 5. The smallest absolute Gasteiger partial charge is 0.245 e. The molecule has 9 heteroatoms. The molecule has 0 saturated carbocycles. The normalized spacial score (nSPS) is 12.1. The molecule has 1 heterocycles. The van der Waals surface area contributed by atoms with Crippen LogP contribution in [0.15, 0.2) is 112 Å². The molecule has 6 nitrogen and oxygen atoms in total. The van der Waals surface area contributed by atoms with Crippen molar-refractivity contribution in [1.82, 2.24) is 9.29 Å². The lowest BCUT2D eigenvalue weighted by atomic mass is 10.0. The minimum absolute atomic E-state index is 0.129. The highest BCUT2D eigenvalue weighted by atomic mass is 79.9. The Labute approximate surface area is 214 Å². The van der Waals surface area contributed by atoms with Crippen molar-refractivity contribution in [2.75, 3.05) is 6.26 Å². The molecule has 0 N–H and O–H groups in total. The van der Waals surface area contributed by atoms with Crippen LogP contribution in [0.4, 0.5) is 0 Å². The van der Waals surface area contributed by atoms with Crippen molar-refractivity contribution in [2.24, 2.45) is 0 Å². The van der Waals surface area contributed by atoms with Crippen LogP contribution in [0.1, 0.15) is 11.1 Å². The van der Waals surface area contributed by atoms with Crippen molar-refractivity contribution >= 4 is 35.8 Å². The molecule has 0 unspecified atom stereocenters. The predicted octanol–water partition coefficient (Wildman–Crippen LogP) is 5.31. The standard InChI is InChI=1S/C26H23BrN2O4S2/c1-34(30,31)25-8-3-6-23(16-25)22-12-10-20(11-13-22)18-29(19-21-5-2-7-24(27)15-21)35(32,33)26-9-4-14-28-17-26/h2-17H,18-19H2,1H3. The first-order valence-electron chi connectivity index (χ1n) is 10.7. The summed E-state index contributed by atoms with van der Waals surface area (Å²) in [4.78, 5) is 4.36. The lowest BCUT2D eigenvalue weighted by molar-refractivity contribution is 0.401. The predicted molar refractivity (Wildman–Crippen MR) is 140 cm³/mol. The lowest BCUT2D eigenvalue weighted by Crippen LogP contribution is -2.30. The van der Waals surface area contributed by atoms with Crippen molar-refractivity contribution in [1.29, 1.82) is 0 Å². The molecule has 1 aromatic heterocycles. The van der Waals surface area contributed by atoms with Crippen molar-refractivity contribution in [2.45, 2.75) is 22.9 Å². The molecule has 0 atom stereocenters. The molecule has 3 aromatic carbocycles. The number of sulfone groups is 1. The molecule has 4 aromatic rings. The first-order chi connectivity index (χ1) is 16.6. The minimum atomic E-state index is -3.81. The third-order valence-electron chi connectivity index (χ3n) is 5.43. The van der Waals surface area contributed by atoms with Crippen LogP contribution in [0, 0.1) is 0 Å². The highest BCUT2D eigenvalue weighted by molar-refractivity contribution is 9.10. The summed E-state index contributed by atoms with van der Waals surface area (Å²) in [6.07, 6.45) is 4.06. The Kier molecular flexibility index (Phi) is 7.51. The Hall–Kier alpha value is -2.85. The second-order valence-corrected chi connectivity index (χ2v) is 13.0. The summed E-state index contributed by atoms with van der Waals surface area (Å²) >= 11 is 3.45. The van der Waals surface area contributed by atoms with Gasteiger partial charge in [0.25, 0.3) is 0 Å². The molecule has 0 aliphatic carbocycles. The Bertz CT molecular complexity index is 1540. The van der Waals surface area contributed by atoms with Crippen molar-refractivity contribution in [3.8, 4) is 11.1 Å². The van der Waals surface area contributed by atoms with Gasteiger partial charge in [-0.25, -0.2) is 16.8 Å². The molecule has 0 fully saturated rings. The van der Waals surface area contributed by atoms with Gasteiger partial charge >= 0.3 is 0 Å². The number of pyridine rings is 1. The van der Waals surface area contributed by atoms with Gasteiger partial charge in [-0.3, -0.25) is 4.98 Å². The minimum Gasteiger partial charge on any atom is -0.263 e. The molecule has 0 radical (unpaired) electrons. The monoisotopic (exact) mass is 570 g/mol. The number of benzene rings is 3. The van der Waals surface area contributed by atoms with Crippen LogP contribution < -0.4 is 0 Å². The van der Waals surface area contributed by atoms with E-state index in [2.05, 4.69) is 20.9 Å². The van der Waals surface area contributed by atoms with Crippen LogP contribution in [0.5, 0.6) is 0 Å². The largest absolute Gasteiger partial charge is 0.263 e. The molecule has 0 aliphatic heterocycles. The van der Waals surface area contributed by atoms with Crippen molar-refractivity contribution in [3.05, 3.63) is 113 Å². The number of halogens is 1. The summed E-state index contributed by atoms with van der Waals surface area (Å²) in [6.45, 7) is 0.349. The summed E-state index contributed by atoms with van der Waals surface area (Å²) in [5.74, 6) is 0. The third kappa shape index (κ3) is 6.24. The Balaban J connectivity index is 1.64. The molecular weight excluding hydrogens is 548 g/mol. The van der Waals surface area contributed by atoms with E-state index in [9.17, 15) is 16.8 Å². The fourth-order valence-corrected chi connectivity index (χ4v) is 6.12. The van der Waals surface area contributed by atoms with Crippen molar-refractivity contribution in [3.63, 3.8) is 0 Å². The van der Waals surface area contributed by atoms with E-state index in [0.29, 0.717) is 0 Å². The van der Waals surface area contributed by atoms with E-state index in [1.54, 1.807) is 24.3 Å². The highest BCUT2D eigenvalue weighted by Gasteiger charge is 2.25. The van der Waals surface area contributed by atoms with Gasteiger partial charge in [0.05, 0.1) is 4.90 Å². The quantitative estimate of drug-likeness (QED) is 0.287. The number of rotatable bonds is 8. The fraction of sp³-hybridized carbons (Fsp3) is 0.115. The maximum Gasteiger partial charge on any atom is 0.245 e. The topological polar surface area (TPSA) is 84.4 Å². The molecule has 0 aliphatic rings. The zero-order chi connectivity index (χ0) is 25.1. The Morgan fingerprint density at radius 3 is 2.09 bits per heavy atom. The van der Waals surface area contributed by atoms with Crippen LogP contribution in [-0.2, 0) is 33.0 Å². The van der Waals surface area contributed by atoms with Crippen LogP contribution in [0.25, 0.3) is 11.1 Å². The first kappa shape index (κ1) is 25.2. The second-order valence-electron chi connectivity index (χ2n) is 8.09. The fourth-order valence-electron chi connectivity index (χ4n) is 3.63. The van der Waals surface area contributed by atoms with Gasteiger partial charge in [-0.15, -0.1) is 0 Å². The Morgan fingerprint density at radius 2 is 1.43 bits per heavy atom. The van der Waals surface area contributed by atoms with Crippen LogP contribution >= 0.6 is 15.9 Å². The third-order valence-corrected chi connectivity index (χ3v) is 8.81. The zero-order valence-electron chi connectivity index (χ0n) is 18.9. The van der Waals surface area contributed by atoms with Gasteiger partial charge in [0.2, 0.25) is 10.0 Å². The second kappa shape index (κ2) is 10.4. The van der Waals surface area contributed by atoms with Gasteiger partial charge in [-0.05, 0) is 58.7 Å². The van der Waals surface area contributed by atoms with Gasteiger partial charge < -0.3 is 0 Å². The van der Waals surface area contributed by atoms with E-state index in [4.69, 9.17) is 0 Å². The molecule has 35 heavy (non-hydrogen) atoms. The highest BCUT2D eigenvalue weighted by Crippen LogP contribution is 2.26.